The van der Waals surface area contributed by atoms with Gasteiger partial charge in [-0.25, -0.2) is 4.98 Å². The van der Waals surface area contributed by atoms with Crippen LogP contribution in [-0.2, 0) is 27.3 Å². The molecule has 1 fully saturated rings. The van der Waals surface area contributed by atoms with Crippen LogP contribution in [0.15, 0.2) is 29.6 Å². The number of carbonyl (C=O) groups excluding carboxylic acids is 2. The summed E-state index contributed by atoms with van der Waals surface area (Å²) in [7, 11) is 0. The first-order valence-electron chi connectivity index (χ1n) is 9.61. The predicted molar refractivity (Wildman–Crippen MR) is 114 cm³/mol. The van der Waals surface area contributed by atoms with E-state index in [9.17, 15) is 9.59 Å². The second-order valence-electron chi connectivity index (χ2n) is 6.85. The molecule has 1 amide bonds. The summed E-state index contributed by atoms with van der Waals surface area (Å²) in [5, 5.41) is 5.84. The van der Waals surface area contributed by atoms with E-state index < -0.39 is 0 Å². The molecule has 1 aliphatic rings. The van der Waals surface area contributed by atoms with E-state index in [4.69, 9.17) is 16.3 Å². The zero-order chi connectivity index (χ0) is 20.6. The standard InChI is InChI=1S/C20H25ClN4O3S/c1-2-28-19(27)11-17-14-29-20(22-17)23-18(26)13-25-9-7-24(8-10-25)12-15-3-5-16(21)6-4-15/h3-6,14H,2,7-13H2,1H3,(H,22,23,26). The van der Waals surface area contributed by atoms with E-state index in [1.165, 1.54) is 16.9 Å². The minimum absolute atomic E-state index is 0.0896. The van der Waals surface area contributed by atoms with Crippen molar-refractivity contribution in [2.45, 2.75) is 19.9 Å². The van der Waals surface area contributed by atoms with Gasteiger partial charge in [0.25, 0.3) is 0 Å². The number of benzene rings is 1. The highest BCUT2D eigenvalue weighted by Gasteiger charge is 2.19. The number of piperazine rings is 1. The molecule has 1 aromatic carbocycles. The molecular formula is C20H25ClN4O3S. The Balaban J connectivity index is 1.39. The van der Waals surface area contributed by atoms with Crippen molar-refractivity contribution < 1.29 is 14.3 Å². The van der Waals surface area contributed by atoms with E-state index in [1.54, 1.807) is 12.3 Å². The number of amides is 1. The van der Waals surface area contributed by atoms with Gasteiger partial charge in [0.05, 0.1) is 25.3 Å². The number of thiazole rings is 1. The Labute approximate surface area is 179 Å². The SMILES string of the molecule is CCOC(=O)Cc1csc(NC(=O)CN2CCN(Cc3ccc(Cl)cc3)CC2)n1. The number of rotatable bonds is 8. The zero-order valence-corrected chi connectivity index (χ0v) is 18.0. The Morgan fingerprint density at radius 2 is 1.86 bits per heavy atom. The van der Waals surface area contributed by atoms with Crippen LogP contribution in [0.2, 0.25) is 5.02 Å². The van der Waals surface area contributed by atoms with Gasteiger partial charge in [-0.1, -0.05) is 23.7 Å². The molecular weight excluding hydrogens is 412 g/mol. The topological polar surface area (TPSA) is 74.8 Å². The molecule has 156 valence electrons. The van der Waals surface area contributed by atoms with Gasteiger partial charge in [0.15, 0.2) is 5.13 Å². The first-order valence-corrected chi connectivity index (χ1v) is 10.9. The largest absolute Gasteiger partial charge is 0.466 e. The molecule has 0 spiro atoms. The summed E-state index contributed by atoms with van der Waals surface area (Å²) in [6.07, 6.45) is 0.121. The fourth-order valence-corrected chi connectivity index (χ4v) is 3.97. The van der Waals surface area contributed by atoms with Crippen molar-refractivity contribution in [3.63, 3.8) is 0 Å². The highest BCUT2D eigenvalue weighted by atomic mass is 35.5. The van der Waals surface area contributed by atoms with Gasteiger partial charge in [0.1, 0.15) is 0 Å². The molecule has 0 aliphatic carbocycles. The van der Waals surface area contributed by atoms with Crippen molar-refractivity contribution in [2.75, 3.05) is 44.6 Å². The lowest BCUT2D eigenvalue weighted by molar-refractivity contribution is -0.142. The molecule has 2 aromatic rings. The molecule has 9 heteroatoms. The molecule has 1 N–H and O–H groups in total. The lowest BCUT2D eigenvalue weighted by Crippen LogP contribution is -2.48. The Kier molecular flexibility index (Phi) is 8.00. The lowest BCUT2D eigenvalue weighted by Gasteiger charge is -2.34. The van der Waals surface area contributed by atoms with Crippen LogP contribution in [0.1, 0.15) is 18.2 Å². The summed E-state index contributed by atoms with van der Waals surface area (Å²) < 4.78 is 4.91. The van der Waals surface area contributed by atoms with E-state index in [1.807, 2.05) is 24.3 Å². The minimum Gasteiger partial charge on any atom is -0.466 e. The molecule has 1 aliphatic heterocycles. The third kappa shape index (κ3) is 7.08. The van der Waals surface area contributed by atoms with Gasteiger partial charge in [0, 0.05) is 43.1 Å². The highest BCUT2D eigenvalue weighted by Crippen LogP contribution is 2.17. The summed E-state index contributed by atoms with van der Waals surface area (Å²) >= 11 is 7.25. The molecule has 0 radical (unpaired) electrons. The van der Waals surface area contributed by atoms with Crippen molar-refractivity contribution in [1.29, 1.82) is 0 Å². The number of nitrogens with one attached hydrogen (secondary N) is 1. The average Bonchev–Trinajstić information content (AvgIpc) is 3.12. The van der Waals surface area contributed by atoms with Gasteiger partial charge < -0.3 is 10.1 Å². The molecule has 1 saturated heterocycles. The quantitative estimate of drug-likeness (QED) is 0.641. The van der Waals surface area contributed by atoms with Crippen molar-refractivity contribution in [1.82, 2.24) is 14.8 Å². The number of anilines is 1. The van der Waals surface area contributed by atoms with Gasteiger partial charge in [-0.3, -0.25) is 19.4 Å². The number of aromatic nitrogens is 1. The third-order valence-corrected chi connectivity index (χ3v) is 5.64. The third-order valence-electron chi connectivity index (χ3n) is 4.58. The number of halogens is 1. The van der Waals surface area contributed by atoms with Crippen LogP contribution >= 0.6 is 22.9 Å². The van der Waals surface area contributed by atoms with Gasteiger partial charge in [-0.15, -0.1) is 11.3 Å². The Morgan fingerprint density at radius 3 is 2.55 bits per heavy atom. The molecule has 29 heavy (non-hydrogen) atoms. The first kappa shape index (κ1) is 21.7. The molecule has 0 atom stereocenters. The first-order chi connectivity index (χ1) is 14.0. The Bertz CT molecular complexity index is 819. The Hall–Kier alpha value is -2.00. The highest BCUT2D eigenvalue weighted by molar-refractivity contribution is 7.13. The molecule has 0 saturated carbocycles. The van der Waals surface area contributed by atoms with Gasteiger partial charge in [0.2, 0.25) is 5.91 Å². The summed E-state index contributed by atoms with van der Waals surface area (Å²) in [6, 6.07) is 7.92. The van der Waals surface area contributed by atoms with Gasteiger partial charge in [-0.05, 0) is 24.6 Å². The van der Waals surface area contributed by atoms with E-state index in [0.29, 0.717) is 24.0 Å². The van der Waals surface area contributed by atoms with Gasteiger partial charge in [-0.2, -0.15) is 0 Å². The average molecular weight is 437 g/mol. The molecule has 7 nitrogen and oxygen atoms in total. The molecule has 3 rings (SSSR count). The van der Waals surface area contributed by atoms with Crippen LogP contribution in [0.5, 0.6) is 0 Å². The van der Waals surface area contributed by atoms with Crippen molar-refractivity contribution >= 4 is 39.9 Å². The number of nitrogens with zero attached hydrogens (tertiary/aromatic N) is 3. The zero-order valence-electron chi connectivity index (χ0n) is 16.4. The number of hydrogen-bond acceptors (Lipinski definition) is 7. The molecule has 0 bridgehead atoms. The number of ether oxygens (including phenoxy) is 1. The Morgan fingerprint density at radius 1 is 1.17 bits per heavy atom. The van der Waals surface area contributed by atoms with E-state index in [-0.39, 0.29) is 18.3 Å². The van der Waals surface area contributed by atoms with Crippen LogP contribution in [0.3, 0.4) is 0 Å². The fraction of sp³-hybridized carbons (Fsp3) is 0.450. The van der Waals surface area contributed by atoms with E-state index in [0.717, 1.165) is 37.7 Å². The van der Waals surface area contributed by atoms with Crippen LogP contribution in [0.25, 0.3) is 0 Å². The number of hydrogen-bond donors (Lipinski definition) is 1. The van der Waals surface area contributed by atoms with Gasteiger partial charge >= 0.3 is 5.97 Å². The van der Waals surface area contributed by atoms with Crippen molar-refractivity contribution in [3.05, 3.63) is 45.9 Å². The van der Waals surface area contributed by atoms with E-state index in [2.05, 4.69) is 20.1 Å². The van der Waals surface area contributed by atoms with Crippen LogP contribution in [0.4, 0.5) is 5.13 Å². The fourth-order valence-electron chi connectivity index (χ4n) is 3.12. The van der Waals surface area contributed by atoms with Crippen molar-refractivity contribution in [2.24, 2.45) is 0 Å². The minimum atomic E-state index is -0.313. The summed E-state index contributed by atoms with van der Waals surface area (Å²) in [4.78, 5) is 32.6. The maximum atomic E-state index is 12.3. The molecule has 2 heterocycles. The lowest BCUT2D eigenvalue weighted by atomic mass is 10.2. The maximum Gasteiger partial charge on any atom is 0.311 e. The van der Waals surface area contributed by atoms with Crippen LogP contribution in [-0.4, -0.2) is 66.0 Å². The number of esters is 1. The maximum absolute atomic E-state index is 12.3. The summed E-state index contributed by atoms with van der Waals surface area (Å²) in [5.41, 5.74) is 1.85. The van der Waals surface area contributed by atoms with Crippen LogP contribution < -0.4 is 5.32 Å². The summed E-state index contributed by atoms with van der Waals surface area (Å²) in [5.74, 6) is -0.402. The van der Waals surface area contributed by atoms with Crippen molar-refractivity contribution in [3.8, 4) is 0 Å². The number of carbonyl (C=O) groups is 2. The monoisotopic (exact) mass is 436 g/mol. The molecule has 0 unspecified atom stereocenters. The second-order valence-corrected chi connectivity index (χ2v) is 8.15. The van der Waals surface area contributed by atoms with Crippen LogP contribution in [0, 0.1) is 0 Å². The molecule has 1 aromatic heterocycles. The van der Waals surface area contributed by atoms with E-state index >= 15 is 0 Å². The predicted octanol–water partition coefficient (Wildman–Crippen LogP) is 2.66. The smallest absolute Gasteiger partial charge is 0.311 e. The summed E-state index contributed by atoms with van der Waals surface area (Å²) in [6.45, 7) is 6.84. The normalized spacial score (nSPS) is 15.2. The second kappa shape index (κ2) is 10.7.